The van der Waals surface area contributed by atoms with Crippen LogP contribution in [0.4, 0.5) is 0 Å². The summed E-state index contributed by atoms with van der Waals surface area (Å²) in [4.78, 5) is 11.8. The molecule has 0 aliphatic rings. The van der Waals surface area contributed by atoms with Crippen molar-refractivity contribution >= 4 is 18.3 Å². The van der Waals surface area contributed by atoms with Gasteiger partial charge in [0.2, 0.25) is 5.91 Å². The minimum absolute atomic E-state index is 0. The zero-order valence-corrected chi connectivity index (χ0v) is 13.7. The molecule has 120 valence electrons. The minimum Gasteiger partial charge on any atom is -0.377 e. The van der Waals surface area contributed by atoms with Crippen LogP contribution in [0, 0.1) is 0 Å². The van der Waals surface area contributed by atoms with Crippen LogP contribution in [0.2, 0.25) is 0 Å². The molecule has 21 heavy (non-hydrogen) atoms. The molecular formula is C16H27ClN2O2. The summed E-state index contributed by atoms with van der Waals surface area (Å²) in [6.07, 6.45) is 2.63. The Morgan fingerprint density at radius 2 is 1.90 bits per heavy atom. The molecule has 1 atom stereocenters. The van der Waals surface area contributed by atoms with Crippen LogP contribution in [0.15, 0.2) is 24.3 Å². The van der Waals surface area contributed by atoms with Gasteiger partial charge in [0.25, 0.3) is 0 Å². The van der Waals surface area contributed by atoms with Crippen LogP contribution >= 0.6 is 12.4 Å². The molecule has 5 heteroatoms. The van der Waals surface area contributed by atoms with Gasteiger partial charge >= 0.3 is 0 Å². The summed E-state index contributed by atoms with van der Waals surface area (Å²) in [5.41, 5.74) is 7.99. The zero-order valence-electron chi connectivity index (χ0n) is 12.9. The van der Waals surface area contributed by atoms with Crippen molar-refractivity contribution in [1.82, 2.24) is 5.32 Å². The zero-order chi connectivity index (χ0) is 14.8. The molecule has 3 N–H and O–H groups in total. The summed E-state index contributed by atoms with van der Waals surface area (Å²) in [5.74, 6) is -0.0869. The maximum atomic E-state index is 11.8. The van der Waals surface area contributed by atoms with Gasteiger partial charge in [-0.3, -0.25) is 4.79 Å². The van der Waals surface area contributed by atoms with Crippen molar-refractivity contribution in [2.24, 2.45) is 5.73 Å². The first kappa shape index (κ1) is 19.9. The first-order valence-corrected chi connectivity index (χ1v) is 7.36. The molecule has 1 unspecified atom stereocenters. The third-order valence-corrected chi connectivity index (χ3v) is 3.11. The molecule has 0 aliphatic carbocycles. The van der Waals surface area contributed by atoms with Crippen LogP contribution in [-0.4, -0.2) is 18.6 Å². The Kier molecular flexibility index (Phi) is 10.9. The van der Waals surface area contributed by atoms with Crippen LogP contribution in [0.5, 0.6) is 0 Å². The predicted molar refractivity (Wildman–Crippen MR) is 88.4 cm³/mol. The lowest BCUT2D eigenvalue weighted by Gasteiger charge is -2.13. The number of hydrogen-bond acceptors (Lipinski definition) is 3. The number of halogens is 1. The normalized spacial score (nSPS) is 11.6. The fourth-order valence-electron chi connectivity index (χ4n) is 1.95. The van der Waals surface area contributed by atoms with E-state index in [-0.39, 0.29) is 18.3 Å². The number of ether oxygens (including phenoxy) is 1. The van der Waals surface area contributed by atoms with Crippen molar-refractivity contribution in [2.75, 3.05) is 6.61 Å². The van der Waals surface area contributed by atoms with E-state index in [1.807, 2.05) is 31.2 Å². The molecule has 0 saturated heterocycles. The molecule has 1 amide bonds. The maximum Gasteiger partial charge on any atom is 0.237 e. The average molecular weight is 315 g/mol. The quantitative estimate of drug-likeness (QED) is 0.689. The van der Waals surface area contributed by atoms with Gasteiger partial charge in [-0.25, -0.2) is 0 Å². The van der Waals surface area contributed by atoms with E-state index in [2.05, 4.69) is 12.2 Å². The summed E-state index contributed by atoms with van der Waals surface area (Å²) < 4.78 is 5.56. The van der Waals surface area contributed by atoms with E-state index in [0.717, 1.165) is 30.6 Å². The van der Waals surface area contributed by atoms with E-state index >= 15 is 0 Å². The molecule has 1 aromatic rings. The highest BCUT2D eigenvalue weighted by Crippen LogP contribution is 2.10. The predicted octanol–water partition coefficient (Wildman–Crippen LogP) is 2.78. The summed E-state index contributed by atoms with van der Waals surface area (Å²) in [7, 11) is 0. The lowest BCUT2D eigenvalue weighted by atomic mass is 10.1. The van der Waals surface area contributed by atoms with Crippen molar-refractivity contribution < 1.29 is 9.53 Å². The standard InChI is InChI=1S/C16H26N2O2.ClH/c1-3-7-15(17)16(19)18-11-13-8-5-6-9-14(13)12-20-10-4-2;/h5-6,8-9,15H,3-4,7,10-12,17H2,1-2H3,(H,18,19);1H. The monoisotopic (exact) mass is 314 g/mol. The number of rotatable bonds is 9. The van der Waals surface area contributed by atoms with Crippen molar-refractivity contribution in [3.05, 3.63) is 35.4 Å². The van der Waals surface area contributed by atoms with E-state index < -0.39 is 6.04 Å². The Balaban J connectivity index is 0.00000400. The highest BCUT2D eigenvalue weighted by atomic mass is 35.5. The molecular weight excluding hydrogens is 288 g/mol. The van der Waals surface area contributed by atoms with Gasteiger partial charge in [-0.1, -0.05) is 44.5 Å². The maximum absolute atomic E-state index is 11.8. The Morgan fingerprint density at radius 3 is 2.52 bits per heavy atom. The smallest absolute Gasteiger partial charge is 0.237 e. The average Bonchev–Trinajstić information content (AvgIpc) is 2.46. The summed E-state index contributed by atoms with van der Waals surface area (Å²) in [6, 6.07) is 7.58. The number of carbonyl (C=O) groups is 1. The van der Waals surface area contributed by atoms with Gasteiger partial charge in [0.1, 0.15) is 0 Å². The number of nitrogens with two attached hydrogens (primary N) is 1. The number of amides is 1. The molecule has 0 bridgehead atoms. The number of benzene rings is 1. The number of hydrogen-bond donors (Lipinski definition) is 2. The van der Waals surface area contributed by atoms with Crippen molar-refractivity contribution in [3.8, 4) is 0 Å². The summed E-state index contributed by atoms with van der Waals surface area (Å²) in [6.45, 7) is 5.94. The molecule has 1 rings (SSSR count). The van der Waals surface area contributed by atoms with Gasteiger partial charge in [-0.05, 0) is 24.0 Å². The van der Waals surface area contributed by atoms with Crippen LogP contribution in [-0.2, 0) is 22.7 Å². The highest BCUT2D eigenvalue weighted by molar-refractivity contribution is 5.85. The third-order valence-electron chi connectivity index (χ3n) is 3.11. The van der Waals surface area contributed by atoms with E-state index in [1.54, 1.807) is 0 Å². The van der Waals surface area contributed by atoms with Gasteiger partial charge in [0.15, 0.2) is 0 Å². The van der Waals surface area contributed by atoms with Gasteiger partial charge in [0, 0.05) is 13.2 Å². The van der Waals surface area contributed by atoms with Gasteiger partial charge in [-0.15, -0.1) is 12.4 Å². The molecule has 0 aromatic heterocycles. The summed E-state index contributed by atoms with van der Waals surface area (Å²) >= 11 is 0. The lowest BCUT2D eigenvalue weighted by molar-refractivity contribution is -0.122. The Morgan fingerprint density at radius 1 is 1.24 bits per heavy atom. The molecule has 0 aliphatic heterocycles. The van der Waals surface area contributed by atoms with Crippen molar-refractivity contribution in [1.29, 1.82) is 0 Å². The molecule has 0 fully saturated rings. The topological polar surface area (TPSA) is 64.3 Å². The number of carbonyl (C=O) groups excluding carboxylic acids is 1. The fraction of sp³-hybridized carbons (Fsp3) is 0.562. The lowest BCUT2D eigenvalue weighted by Crippen LogP contribution is -2.40. The molecule has 0 saturated carbocycles. The largest absolute Gasteiger partial charge is 0.377 e. The second kappa shape index (κ2) is 11.5. The van der Waals surface area contributed by atoms with Gasteiger partial charge in [0.05, 0.1) is 12.6 Å². The summed E-state index contributed by atoms with van der Waals surface area (Å²) in [5, 5.41) is 2.89. The van der Waals surface area contributed by atoms with Gasteiger partial charge < -0.3 is 15.8 Å². The van der Waals surface area contributed by atoms with E-state index in [9.17, 15) is 4.79 Å². The van der Waals surface area contributed by atoms with Crippen LogP contribution < -0.4 is 11.1 Å². The SMILES string of the molecule is CCCOCc1ccccc1CNC(=O)C(N)CCC.Cl. The first-order valence-electron chi connectivity index (χ1n) is 7.36. The Labute approximate surface area is 133 Å². The minimum atomic E-state index is -0.413. The molecule has 0 spiro atoms. The second-order valence-electron chi connectivity index (χ2n) is 4.93. The Bertz CT molecular complexity index is 413. The van der Waals surface area contributed by atoms with Gasteiger partial charge in [-0.2, -0.15) is 0 Å². The van der Waals surface area contributed by atoms with Crippen molar-refractivity contribution in [2.45, 2.75) is 52.3 Å². The van der Waals surface area contributed by atoms with Crippen molar-refractivity contribution in [3.63, 3.8) is 0 Å². The molecule has 4 nitrogen and oxygen atoms in total. The molecule has 0 radical (unpaired) electrons. The highest BCUT2D eigenvalue weighted by Gasteiger charge is 2.12. The van der Waals surface area contributed by atoms with Crippen LogP contribution in [0.25, 0.3) is 0 Å². The first-order chi connectivity index (χ1) is 9.69. The van der Waals surface area contributed by atoms with E-state index in [1.165, 1.54) is 0 Å². The second-order valence-corrected chi connectivity index (χ2v) is 4.93. The fourth-order valence-corrected chi connectivity index (χ4v) is 1.95. The molecule has 0 heterocycles. The van der Waals surface area contributed by atoms with E-state index in [4.69, 9.17) is 10.5 Å². The van der Waals surface area contributed by atoms with Crippen LogP contribution in [0.3, 0.4) is 0 Å². The Hall–Kier alpha value is -1.10. The molecule has 1 aromatic carbocycles. The van der Waals surface area contributed by atoms with E-state index in [0.29, 0.717) is 19.6 Å². The van der Waals surface area contributed by atoms with Crippen LogP contribution in [0.1, 0.15) is 44.2 Å². The third kappa shape index (κ3) is 7.46. The number of nitrogens with one attached hydrogen (secondary N) is 1.